The van der Waals surface area contributed by atoms with Gasteiger partial charge in [-0.05, 0) is 18.4 Å². The van der Waals surface area contributed by atoms with E-state index < -0.39 is 0 Å². The number of nitrogens with one attached hydrogen (secondary N) is 1. The van der Waals surface area contributed by atoms with Crippen molar-refractivity contribution in [2.45, 2.75) is 32.9 Å². The van der Waals surface area contributed by atoms with Crippen LogP contribution in [0.5, 0.6) is 0 Å². The van der Waals surface area contributed by atoms with Crippen LogP contribution in [0.1, 0.15) is 26.0 Å². The summed E-state index contributed by atoms with van der Waals surface area (Å²) in [6.45, 7) is 6.76. The van der Waals surface area contributed by atoms with E-state index in [1.807, 2.05) is 17.8 Å². The minimum atomic E-state index is -0.00588. The zero-order valence-electron chi connectivity index (χ0n) is 11.4. The first kappa shape index (κ1) is 13.1. The zero-order chi connectivity index (χ0) is 13.1. The van der Waals surface area contributed by atoms with E-state index in [4.69, 9.17) is 0 Å². The Kier molecular flexibility index (Phi) is 4.01. The molecule has 1 aromatic heterocycles. The lowest BCUT2D eigenvalue weighted by molar-refractivity contribution is -0.130. The van der Waals surface area contributed by atoms with E-state index >= 15 is 0 Å². The normalized spacial score (nSPS) is 21.3. The molecule has 2 rings (SSSR count). The highest BCUT2D eigenvalue weighted by atomic mass is 16.2. The highest BCUT2D eigenvalue weighted by Gasteiger charge is 2.30. The van der Waals surface area contributed by atoms with Gasteiger partial charge in [-0.15, -0.1) is 0 Å². The molecule has 1 aliphatic rings. The number of carbonyl (C=O) groups is 1. The van der Waals surface area contributed by atoms with Crippen molar-refractivity contribution in [2.24, 2.45) is 13.0 Å². The van der Waals surface area contributed by atoms with E-state index in [1.165, 1.54) is 0 Å². The number of carbonyl (C=O) groups excluding carboxylic acids is 1. The van der Waals surface area contributed by atoms with Crippen molar-refractivity contribution in [3.63, 3.8) is 0 Å². The second-order valence-corrected chi connectivity index (χ2v) is 5.35. The summed E-state index contributed by atoms with van der Waals surface area (Å²) < 4.78 is 1.87. The molecule has 5 nitrogen and oxygen atoms in total. The second-order valence-electron chi connectivity index (χ2n) is 5.35. The van der Waals surface area contributed by atoms with Gasteiger partial charge in [-0.1, -0.05) is 13.8 Å². The molecule has 0 saturated carbocycles. The van der Waals surface area contributed by atoms with Gasteiger partial charge in [0.2, 0.25) is 5.91 Å². The fraction of sp³-hybridized carbons (Fsp3) is 0.692. The molecular weight excluding hydrogens is 228 g/mol. The maximum Gasteiger partial charge on any atom is 0.237 e. The summed E-state index contributed by atoms with van der Waals surface area (Å²) in [5.74, 6) is 0.685. The molecule has 1 aromatic rings. The summed E-state index contributed by atoms with van der Waals surface area (Å²) in [6, 6.07) is 2.01. The van der Waals surface area contributed by atoms with Crippen LogP contribution in [0.25, 0.3) is 0 Å². The molecule has 1 amide bonds. The van der Waals surface area contributed by atoms with Crippen molar-refractivity contribution in [3.05, 3.63) is 18.0 Å². The molecule has 2 heterocycles. The zero-order valence-corrected chi connectivity index (χ0v) is 11.4. The molecule has 1 fully saturated rings. The largest absolute Gasteiger partial charge is 0.353 e. The number of aryl methyl sites for hydroxylation is 1. The lowest BCUT2D eigenvalue weighted by atomic mass is 10.00. The SMILES string of the molecule is CC(C)C[C@H]1C(=O)NCCN1Cc1ccnn1C. The lowest BCUT2D eigenvalue weighted by Gasteiger charge is -2.35. The van der Waals surface area contributed by atoms with Gasteiger partial charge >= 0.3 is 0 Å². The monoisotopic (exact) mass is 250 g/mol. The molecule has 0 unspecified atom stereocenters. The third-order valence-corrected chi connectivity index (χ3v) is 3.42. The van der Waals surface area contributed by atoms with Crippen LogP contribution in [0.15, 0.2) is 12.3 Å². The van der Waals surface area contributed by atoms with Crippen molar-refractivity contribution >= 4 is 5.91 Å². The molecule has 5 heteroatoms. The molecule has 0 aliphatic carbocycles. The van der Waals surface area contributed by atoms with Crippen molar-refractivity contribution in [3.8, 4) is 0 Å². The molecule has 100 valence electrons. The predicted molar refractivity (Wildman–Crippen MR) is 69.9 cm³/mol. The number of rotatable bonds is 4. The lowest BCUT2D eigenvalue weighted by Crippen LogP contribution is -2.55. The van der Waals surface area contributed by atoms with Crippen LogP contribution in [-0.4, -0.2) is 39.7 Å². The molecule has 1 saturated heterocycles. The van der Waals surface area contributed by atoms with Crippen LogP contribution >= 0.6 is 0 Å². The Bertz CT molecular complexity index is 413. The van der Waals surface area contributed by atoms with Crippen LogP contribution in [0.3, 0.4) is 0 Å². The Morgan fingerprint density at radius 1 is 1.56 bits per heavy atom. The first-order valence-corrected chi connectivity index (χ1v) is 6.56. The highest BCUT2D eigenvalue weighted by molar-refractivity contribution is 5.82. The van der Waals surface area contributed by atoms with E-state index in [1.54, 1.807) is 6.20 Å². The summed E-state index contributed by atoms with van der Waals surface area (Å²) in [4.78, 5) is 14.2. The third-order valence-electron chi connectivity index (χ3n) is 3.42. The molecule has 18 heavy (non-hydrogen) atoms. The third kappa shape index (κ3) is 2.90. The van der Waals surface area contributed by atoms with E-state index in [9.17, 15) is 4.79 Å². The predicted octanol–water partition coefficient (Wildman–Crippen LogP) is 0.767. The smallest absolute Gasteiger partial charge is 0.237 e. The van der Waals surface area contributed by atoms with E-state index in [0.717, 1.165) is 31.7 Å². The molecule has 0 spiro atoms. The summed E-state index contributed by atoms with van der Waals surface area (Å²) in [5.41, 5.74) is 1.15. The van der Waals surface area contributed by atoms with Gasteiger partial charge in [-0.25, -0.2) is 0 Å². The Morgan fingerprint density at radius 2 is 2.33 bits per heavy atom. The number of amides is 1. The van der Waals surface area contributed by atoms with Gasteiger partial charge < -0.3 is 5.32 Å². The fourth-order valence-electron chi connectivity index (χ4n) is 2.42. The van der Waals surface area contributed by atoms with E-state index in [2.05, 4.69) is 29.2 Å². The minimum absolute atomic E-state index is 0.00588. The van der Waals surface area contributed by atoms with Crippen LogP contribution in [-0.2, 0) is 18.4 Å². The molecule has 1 aliphatic heterocycles. The number of nitrogens with zero attached hydrogens (tertiary/aromatic N) is 3. The molecule has 1 N–H and O–H groups in total. The Morgan fingerprint density at radius 3 is 2.94 bits per heavy atom. The van der Waals surface area contributed by atoms with Gasteiger partial charge in [0.05, 0.1) is 11.7 Å². The molecule has 1 atom stereocenters. The highest BCUT2D eigenvalue weighted by Crippen LogP contribution is 2.17. The average Bonchev–Trinajstić information content (AvgIpc) is 2.69. The van der Waals surface area contributed by atoms with Crippen LogP contribution < -0.4 is 5.32 Å². The summed E-state index contributed by atoms with van der Waals surface area (Å²) >= 11 is 0. The van der Waals surface area contributed by atoms with Crippen molar-refractivity contribution in [1.29, 1.82) is 0 Å². The Balaban J connectivity index is 2.08. The maximum atomic E-state index is 12.0. The molecule has 0 aromatic carbocycles. The van der Waals surface area contributed by atoms with Crippen molar-refractivity contribution < 1.29 is 4.79 Å². The van der Waals surface area contributed by atoms with Crippen LogP contribution in [0, 0.1) is 5.92 Å². The summed E-state index contributed by atoms with van der Waals surface area (Å²) in [5, 5.41) is 7.14. The van der Waals surface area contributed by atoms with Gasteiger partial charge in [0.15, 0.2) is 0 Å². The fourth-order valence-corrected chi connectivity index (χ4v) is 2.42. The Labute approximate surface area is 108 Å². The van der Waals surface area contributed by atoms with Gasteiger partial charge in [-0.2, -0.15) is 5.10 Å². The minimum Gasteiger partial charge on any atom is -0.353 e. The summed E-state index contributed by atoms with van der Waals surface area (Å²) in [7, 11) is 1.94. The number of hydrogen-bond donors (Lipinski definition) is 1. The quantitative estimate of drug-likeness (QED) is 0.858. The van der Waals surface area contributed by atoms with Gasteiger partial charge in [0.25, 0.3) is 0 Å². The van der Waals surface area contributed by atoms with Crippen molar-refractivity contribution in [1.82, 2.24) is 20.0 Å². The van der Waals surface area contributed by atoms with Crippen molar-refractivity contribution in [2.75, 3.05) is 13.1 Å². The molecule has 0 bridgehead atoms. The van der Waals surface area contributed by atoms with E-state index in [0.29, 0.717) is 5.92 Å². The number of aromatic nitrogens is 2. The average molecular weight is 250 g/mol. The first-order valence-electron chi connectivity index (χ1n) is 6.56. The number of hydrogen-bond acceptors (Lipinski definition) is 3. The topological polar surface area (TPSA) is 50.2 Å². The standard InChI is InChI=1S/C13H22N4O/c1-10(2)8-12-13(18)14-6-7-17(12)9-11-4-5-15-16(11)3/h4-5,10,12H,6-9H2,1-3H3,(H,14,18)/t12-/m0/s1. The van der Waals surface area contributed by atoms with Crippen LogP contribution in [0.2, 0.25) is 0 Å². The van der Waals surface area contributed by atoms with E-state index in [-0.39, 0.29) is 11.9 Å². The van der Waals surface area contributed by atoms with Gasteiger partial charge in [-0.3, -0.25) is 14.4 Å². The maximum absolute atomic E-state index is 12.0. The van der Waals surface area contributed by atoms with Gasteiger partial charge in [0, 0.05) is 32.9 Å². The second kappa shape index (κ2) is 5.52. The van der Waals surface area contributed by atoms with Gasteiger partial charge in [0.1, 0.15) is 0 Å². The molecular formula is C13H22N4O. The van der Waals surface area contributed by atoms with Crippen LogP contribution in [0.4, 0.5) is 0 Å². The molecule has 0 radical (unpaired) electrons. The first-order chi connectivity index (χ1) is 8.58. The summed E-state index contributed by atoms with van der Waals surface area (Å²) in [6.07, 6.45) is 2.71. The Hall–Kier alpha value is -1.36. The number of piperazine rings is 1.